The van der Waals surface area contributed by atoms with Crippen LogP contribution in [0.3, 0.4) is 0 Å². The molecule has 3 N–H and O–H groups in total. The van der Waals surface area contributed by atoms with E-state index in [0.717, 1.165) is 38.1 Å². The zero-order valence-corrected chi connectivity index (χ0v) is 14.3. The van der Waals surface area contributed by atoms with E-state index in [1.165, 1.54) is 32.1 Å². The smallest absolute Gasteiger partial charge is 0.226 e. The molecule has 0 spiro atoms. The lowest BCUT2D eigenvalue weighted by Crippen LogP contribution is -2.61. The van der Waals surface area contributed by atoms with Crippen molar-refractivity contribution in [1.82, 2.24) is 5.32 Å². The molecule has 4 unspecified atom stereocenters. The third-order valence-corrected chi connectivity index (χ3v) is 7.39. The number of carbonyl (C=O) groups is 1. The van der Waals surface area contributed by atoms with Gasteiger partial charge in [-0.05, 0) is 80.6 Å². The molecule has 0 aromatic rings. The lowest BCUT2D eigenvalue weighted by Gasteiger charge is -2.64. The maximum Gasteiger partial charge on any atom is 0.226 e. The molecule has 22 heavy (non-hydrogen) atoms. The van der Waals surface area contributed by atoms with Crippen LogP contribution in [0.2, 0.25) is 0 Å². The van der Waals surface area contributed by atoms with Crippen LogP contribution in [0.15, 0.2) is 0 Å². The predicted molar refractivity (Wildman–Crippen MR) is 88.2 cm³/mol. The van der Waals surface area contributed by atoms with Gasteiger partial charge in [-0.1, -0.05) is 20.3 Å². The van der Waals surface area contributed by atoms with Gasteiger partial charge in [0.1, 0.15) is 0 Å². The minimum Gasteiger partial charge on any atom is -0.353 e. The highest BCUT2D eigenvalue weighted by Gasteiger charge is 2.62. The van der Waals surface area contributed by atoms with Crippen LogP contribution in [0.25, 0.3) is 0 Å². The van der Waals surface area contributed by atoms with Crippen LogP contribution in [0.5, 0.6) is 0 Å². The third kappa shape index (κ3) is 2.23. The SMILES string of the molecule is CC12CC3CC(C)(C1)CC(C(=O)NC1CCCC1CN)(C3)C2. The van der Waals surface area contributed by atoms with Gasteiger partial charge in [0.2, 0.25) is 5.91 Å². The lowest BCUT2D eigenvalue weighted by atomic mass is 9.40. The highest BCUT2D eigenvalue weighted by Crippen LogP contribution is 2.69. The van der Waals surface area contributed by atoms with Crippen LogP contribution in [-0.4, -0.2) is 18.5 Å². The highest BCUT2D eigenvalue weighted by molar-refractivity contribution is 5.83. The number of hydrogen-bond acceptors (Lipinski definition) is 2. The zero-order chi connectivity index (χ0) is 15.6. The van der Waals surface area contributed by atoms with E-state index in [2.05, 4.69) is 19.2 Å². The van der Waals surface area contributed by atoms with Crippen molar-refractivity contribution in [2.75, 3.05) is 6.54 Å². The minimum absolute atomic E-state index is 0.0648. The average Bonchev–Trinajstić information content (AvgIpc) is 2.81. The molecule has 4 bridgehead atoms. The fourth-order valence-electron chi connectivity index (χ4n) is 7.53. The first kappa shape index (κ1) is 15.0. The standard InChI is InChI=1S/C19H32N2O/c1-17-6-13-7-18(2,10-17)12-19(8-13,11-17)16(22)21-15-5-3-4-14(15)9-20/h13-15H,3-12,20H2,1-2H3,(H,21,22). The summed E-state index contributed by atoms with van der Waals surface area (Å²) < 4.78 is 0. The second kappa shape index (κ2) is 4.72. The van der Waals surface area contributed by atoms with Gasteiger partial charge in [0.05, 0.1) is 5.41 Å². The molecule has 5 saturated carbocycles. The monoisotopic (exact) mass is 304 g/mol. The molecule has 0 radical (unpaired) electrons. The first-order chi connectivity index (χ1) is 10.4. The molecular formula is C19H32N2O. The van der Waals surface area contributed by atoms with Crippen LogP contribution < -0.4 is 11.1 Å². The molecule has 0 aliphatic heterocycles. The Bertz CT molecular complexity index is 470. The summed E-state index contributed by atoms with van der Waals surface area (Å²) in [5.74, 6) is 1.66. The topological polar surface area (TPSA) is 55.1 Å². The van der Waals surface area contributed by atoms with Crippen LogP contribution >= 0.6 is 0 Å². The molecule has 5 rings (SSSR count). The molecule has 3 heteroatoms. The summed E-state index contributed by atoms with van der Waals surface area (Å²) in [5, 5.41) is 3.45. The van der Waals surface area contributed by atoms with Crippen LogP contribution in [0.1, 0.15) is 71.6 Å². The van der Waals surface area contributed by atoms with Crippen LogP contribution in [-0.2, 0) is 4.79 Å². The maximum absolute atomic E-state index is 13.2. The average molecular weight is 304 g/mol. The normalized spacial score (nSPS) is 53.0. The van der Waals surface area contributed by atoms with E-state index in [9.17, 15) is 4.79 Å². The Morgan fingerprint density at radius 3 is 2.36 bits per heavy atom. The van der Waals surface area contributed by atoms with Crippen LogP contribution in [0.4, 0.5) is 0 Å². The zero-order valence-electron chi connectivity index (χ0n) is 14.3. The number of amides is 1. The summed E-state index contributed by atoms with van der Waals surface area (Å²) in [5.41, 5.74) is 6.65. The van der Waals surface area contributed by atoms with Gasteiger partial charge in [0.15, 0.2) is 0 Å². The van der Waals surface area contributed by atoms with Gasteiger partial charge < -0.3 is 11.1 Å². The Balaban J connectivity index is 1.55. The van der Waals surface area contributed by atoms with Crippen molar-refractivity contribution in [1.29, 1.82) is 0 Å². The van der Waals surface area contributed by atoms with E-state index in [0.29, 0.717) is 28.7 Å². The Morgan fingerprint density at radius 1 is 1.09 bits per heavy atom. The second-order valence-corrected chi connectivity index (χ2v) is 9.92. The number of nitrogens with two attached hydrogens (primary N) is 1. The molecule has 4 atom stereocenters. The molecule has 5 fully saturated rings. The van der Waals surface area contributed by atoms with Crippen molar-refractivity contribution in [2.24, 2.45) is 33.8 Å². The molecule has 0 aromatic carbocycles. The summed E-state index contributed by atoms with van der Waals surface area (Å²) >= 11 is 0. The number of nitrogens with one attached hydrogen (secondary N) is 1. The predicted octanol–water partition coefficient (Wildman–Crippen LogP) is 3.23. The van der Waals surface area contributed by atoms with Gasteiger partial charge in [-0.15, -0.1) is 0 Å². The fourth-order valence-corrected chi connectivity index (χ4v) is 7.53. The van der Waals surface area contributed by atoms with Gasteiger partial charge >= 0.3 is 0 Å². The van der Waals surface area contributed by atoms with Crippen molar-refractivity contribution in [3.63, 3.8) is 0 Å². The Kier molecular flexibility index (Phi) is 3.21. The van der Waals surface area contributed by atoms with Crippen molar-refractivity contribution in [3.05, 3.63) is 0 Å². The van der Waals surface area contributed by atoms with Gasteiger partial charge in [0.25, 0.3) is 0 Å². The molecular weight excluding hydrogens is 272 g/mol. The summed E-state index contributed by atoms with van der Waals surface area (Å²) in [6.07, 6.45) is 11.0. The number of carbonyl (C=O) groups excluding carboxylic acids is 1. The molecule has 1 amide bonds. The fraction of sp³-hybridized carbons (Fsp3) is 0.947. The Labute approximate surface area is 134 Å². The first-order valence-electron chi connectivity index (χ1n) is 9.37. The summed E-state index contributed by atoms with van der Waals surface area (Å²) in [7, 11) is 0. The van der Waals surface area contributed by atoms with E-state index in [4.69, 9.17) is 5.73 Å². The lowest BCUT2D eigenvalue weighted by molar-refractivity contribution is -0.170. The van der Waals surface area contributed by atoms with Crippen molar-refractivity contribution in [2.45, 2.75) is 77.7 Å². The quantitative estimate of drug-likeness (QED) is 0.841. The Hall–Kier alpha value is -0.570. The molecule has 0 aromatic heterocycles. The summed E-state index contributed by atoms with van der Waals surface area (Å²) in [6, 6.07) is 0.339. The summed E-state index contributed by atoms with van der Waals surface area (Å²) in [4.78, 5) is 13.2. The minimum atomic E-state index is -0.0648. The number of hydrogen-bond donors (Lipinski definition) is 2. The van der Waals surface area contributed by atoms with Crippen molar-refractivity contribution < 1.29 is 4.79 Å². The van der Waals surface area contributed by atoms with Crippen molar-refractivity contribution in [3.8, 4) is 0 Å². The second-order valence-electron chi connectivity index (χ2n) is 9.92. The molecule has 0 heterocycles. The molecule has 5 aliphatic rings. The number of rotatable bonds is 3. The van der Waals surface area contributed by atoms with E-state index >= 15 is 0 Å². The van der Waals surface area contributed by atoms with Crippen LogP contribution in [0, 0.1) is 28.1 Å². The largest absolute Gasteiger partial charge is 0.353 e. The molecule has 0 saturated heterocycles. The van der Waals surface area contributed by atoms with E-state index in [-0.39, 0.29) is 5.41 Å². The Morgan fingerprint density at radius 2 is 1.77 bits per heavy atom. The maximum atomic E-state index is 13.2. The van der Waals surface area contributed by atoms with E-state index in [1.807, 2.05) is 0 Å². The van der Waals surface area contributed by atoms with E-state index < -0.39 is 0 Å². The van der Waals surface area contributed by atoms with Gasteiger partial charge in [-0.3, -0.25) is 4.79 Å². The molecule has 3 nitrogen and oxygen atoms in total. The van der Waals surface area contributed by atoms with Gasteiger partial charge in [-0.25, -0.2) is 0 Å². The van der Waals surface area contributed by atoms with Gasteiger partial charge in [-0.2, -0.15) is 0 Å². The van der Waals surface area contributed by atoms with Gasteiger partial charge in [0, 0.05) is 6.04 Å². The molecule has 124 valence electrons. The third-order valence-electron chi connectivity index (χ3n) is 7.39. The first-order valence-corrected chi connectivity index (χ1v) is 9.37. The molecule has 5 aliphatic carbocycles. The van der Waals surface area contributed by atoms with E-state index in [1.54, 1.807) is 0 Å². The highest BCUT2D eigenvalue weighted by atomic mass is 16.2. The summed E-state index contributed by atoms with van der Waals surface area (Å²) in [6.45, 7) is 5.60. The van der Waals surface area contributed by atoms with Crippen molar-refractivity contribution >= 4 is 5.91 Å².